The number of rotatable bonds is 3. The van der Waals surface area contributed by atoms with E-state index in [0.29, 0.717) is 11.5 Å². The predicted octanol–water partition coefficient (Wildman–Crippen LogP) is 1.43. The van der Waals surface area contributed by atoms with Gasteiger partial charge in [-0.2, -0.15) is 0 Å². The summed E-state index contributed by atoms with van der Waals surface area (Å²) in [5.74, 6) is 0.599. The molecule has 0 bridgehead atoms. The van der Waals surface area contributed by atoms with Crippen molar-refractivity contribution in [3.8, 4) is 5.69 Å². The molecule has 0 saturated carbocycles. The van der Waals surface area contributed by atoms with Crippen LogP contribution in [0.3, 0.4) is 0 Å². The van der Waals surface area contributed by atoms with Crippen LogP contribution in [0.25, 0.3) is 5.69 Å². The normalized spacial score (nSPS) is 15.8. The molecule has 0 unspecified atom stereocenters. The van der Waals surface area contributed by atoms with Crippen molar-refractivity contribution in [2.75, 3.05) is 37.6 Å². The number of hydrogen-bond donors (Lipinski definition) is 1. The molecule has 1 aliphatic heterocycles. The van der Waals surface area contributed by atoms with E-state index in [0.717, 1.165) is 41.8 Å². The molecule has 0 amide bonds. The first-order valence-corrected chi connectivity index (χ1v) is 8.47. The number of halogens is 1. The molecule has 0 aliphatic carbocycles. The lowest BCUT2D eigenvalue weighted by Crippen LogP contribution is -2.47. The van der Waals surface area contributed by atoms with E-state index in [1.165, 1.54) is 6.07 Å². The van der Waals surface area contributed by atoms with Gasteiger partial charge in [0.05, 0.1) is 5.69 Å². The predicted molar refractivity (Wildman–Crippen MR) is 94.7 cm³/mol. The molecule has 1 aliphatic rings. The van der Waals surface area contributed by atoms with Crippen LogP contribution in [0, 0.1) is 0 Å². The highest BCUT2D eigenvalue weighted by Crippen LogP contribution is 2.14. The molecule has 0 radical (unpaired) electrons. The third-order valence-corrected chi connectivity index (χ3v) is 4.64. The van der Waals surface area contributed by atoms with Gasteiger partial charge in [0.15, 0.2) is 0 Å². The van der Waals surface area contributed by atoms with Crippen LogP contribution >= 0.6 is 15.9 Å². The average molecular weight is 379 g/mol. The van der Waals surface area contributed by atoms with Gasteiger partial charge in [0.1, 0.15) is 5.82 Å². The van der Waals surface area contributed by atoms with Crippen molar-refractivity contribution in [2.24, 2.45) is 0 Å². The number of H-pyrrole nitrogens is 1. The van der Waals surface area contributed by atoms with Gasteiger partial charge < -0.3 is 9.80 Å². The van der Waals surface area contributed by atoms with Gasteiger partial charge in [-0.25, -0.2) is 9.36 Å². The van der Waals surface area contributed by atoms with Crippen LogP contribution in [0.5, 0.6) is 0 Å². The Morgan fingerprint density at radius 3 is 2.48 bits per heavy atom. The fraction of sp³-hybridized carbons (Fsp3) is 0.375. The van der Waals surface area contributed by atoms with Gasteiger partial charge in [0, 0.05) is 36.7 Å². The number of piperazine rings is 1. The monoisotopic (exact) mass is 378 g/mol. The third-order valence-electron chi connectivity index (χ3n) is 4.15. The standard InChI is InChI=1S/C16H19BrN4O2/c1-2-19-6-8-20(9-7-19)14-11-15(22)21(16(23)18-14)13-5-3-4-12(17)10-13/h3-5,10-11H,2,6-9H2,1H3,(H,18,23). The van der Waals surface area contributed by atoms with Gasteiger partial charge in [-0.05, 0) is 24.7 Å². The molecule has 1 fully saturated rings. The molecule has 7 heteroatoms. The first-order chi connectivity index (χ1) is 11.1. The van der Waals surface area contributed by atoms with Crippen LogP contribution in [0.1, 0.15) is 6.92 Å². The molecule has 3 rings (SSSR count). The third kappa shape index (κ3) is 3.40. The fourth-order valence-electron chi connectivity index (χ4n) is 2.82. The second-order valence-electron chi connectivity index (χ2n) is 5.53. The molecular formula is C16H19BrN4O2. The highest BCUT2D eigenvalue weighted by Gasteiger charge is 2.18. The molecule has 0 spiro atoms. The highest BCUT2D eigenvalue weighted by molar-refractivity contribution is 9.10. The van der Waals surface area contributed by atoms with E-state index in [1.54, 1.807) is 18.2 Å². The summed E-state index contributed by atoms with van der Waals surface area (Å²) in [6.07, 6.45) is 0. The van der Waals surface area contributed by atoms with Crippen LogP contribution in [0.15, 0.2) is 44.4 Å². The van der Waals surface area contributed by atoms with E-state index in [-0.39, 0.29) is 5.56 Å². The Hall–Kier alpha value is -1.86. The lowest BCUT2D eigenvalue weighted by molar-refractivity contribution is 0.270. The van der Waals surface area contributed by atoms with Crippen molar-refractivity contribution in [3.63, 3.8) is 0 Å². The van der Waals surface area contributed by atoms with Crippen molar-refractivity contribution in [2.45, 2.75) is 6.92 Å². The molecule has 1 N–H and O–H groups in total. The Morgan fingerprint density at radius 2 is 1.87 bits per heavy atom. The zero-order valence-corrected chi connectivity index (χ0v) is 14.5. The Labute approximate surface area is 142 Å². The average Bonchev–Trinajstić information content (AvgIpc) is 2.54. The van der Waals surface area contributed by atoms with Crippen LogP contribution in [0.4, 0.5) is 5.82 Å². The summed E-state index contributed by atoms with van der Waals surface area (Å²) in [6, 6.07) is 8.63. The second-order valence-corrected chi connectivity index (χ2v) is 6.45. The summed E-state index contributed by atoms with van der Waals surface area (Å²) in [4.78, 5) is 32.1. The zero-order chi connectivity index (χ0) is 16.4. The van der Waals surface area contributed by atoms with E-state index in [4.69, 9.17) is 0 Å². The molecule has 2 aromatic rings. The van der Waals surface area contributed by atoms with Gasteiger partial charge >= 0.3 is 5.69 Å². The summed E-state index contributed by atoms with van der Waals surface area (Å²) in [7, 11) is 0. The smallest absolute Gasteiger partial charge is 0.334 e. The fourth-order valence-corrected chi connectivity index (χ4v) is 3.21. The van der Waals surface area contributed by atoms with Crippen LogP contribution in [0.2, 0.25) is 0 Å². The lowest BCUT2D eigenvalue weighted by Gasteiger charge is -2.34. The van der Waals surface area contributed by atoms with Crippen molar-refractivity contribution in [1.29, 1.82) is 0 Å². The number of anilines is 1. The Balaban J connectivity index is 1.93. The maximum atomic E-state index is 12.4. The first kappa shape index (κ1) is 16.0. The van der Waals surface area contributed by atoms with Gasteiger partial charge in [-0.1, -0.05) is 28.9 Å². The van der Waals surface area contributed by atoms with Crippen molar-refractivity contribution >= 4 is 21.7 Å². The minimum Gasteiger partial charge on any atom is -0.355 e. The van der Waals surface area contributed by atoms with Crippen LogP contribution in [-0.4, -0.2) is 47.2 Å². The number of likely N-dealkylation sites (N-methyl/N-ethyl adjacent to an activating group) is 1. The van der Waals surface area contributed by atoms with E-state index in [2.05, 4.69) is 37.6 Å². The quantitative estimate of drug-likeness (QED) is 0.877. The Bertz CT molecular complexity index is 775. The van der Waals surface area contributed by atoms with Crippen molar-refractivity contribution < 1.29 is 0 Å². The van der Waals surface area contributed by atoms with E-state index >= 15 is 0 Å². The molecule has 1 aromatic carbocycles. The van der Waals surface area contributed by atoms with Gasteiger partial charge in [0.25, 0.3) is 5.56 Å². The Kier molecular flexibility index (Phi) is 4.68. The Morgan fingerprint density at radius 1 is 1.13 bits per heavy atom. The topological polar surface area (TPSA) is 61.3 Å². The van der Waals surface area contributed by atoms with E-state index < -0.39 is 5.69 Å². The maximum absolute atomic E-state index is 12.4. The summed E-state index contributed by atoms with van der Waals surface area (Å²) in [6.45, 7) is 6.65. The number of aromatic amines is 1. The zero-order valence-electron chi connectivity index (χ0n) is 13.0. The van der Waals surface area contributed by atoms with Gasteiger partial charge in [-0.3, -0.25) is 9.78 Å². The molecule has 1 aromatic heterocycles. The second kappa shape index (κ2) is 6.72. The molecule has 6 nitrogen and oxygen atoms in total. The highest BCUT2D eigenvalue weighted by atomic mass is 79.9. The number of nitrogens with zero attached hydrogens (tertiary/aromatic N) is 3. The van der Waals surface area contributed by atoms with E-state index in [9.17, 15) is 9.59 Å². The minimum absolute atomic E-state index is 0.320. The van der Waals surface area contributed by atoms with Crippen LogP contribution in [-0.2, 0) is 0 Å². The summed E-state index contributed by atoms with van der Waals surface area (Å²) in [5, 5.41) is 0. The summed E-state index contributed by atoms with van der Waals surface area (Å²) < 4.78 is 1.97. The number of hydrogen-bond acceptors (Lipinski definition) is 4. The lowest BCUT2D eigenvalue weighted by atomic mass is 10.3. The maximum Gasteiger partial charge on any atom is 0.334 e. The van der Waals surface area contributed by atoms with Gasteiger partial charge in [0.2, 0.25) is 0 Å². The number of benzene rings is 1. The van der Waals surface area contributed by atoms with E-state index in [1.807, 2.05) is 6.07 Å². The first-order valence-electron chi connectivity index (χ1n) is 7.68. The summed E-state index contributed by atoms with van der Waals surface area (Å²) >= 11 is 3.36. The van der Waals surface area contributed by atoms with Gasteiger partial charge in [-0.15, -0.1) is 0 Å². The van der Waals surface area contributed by atoms with Crippen molar-refractivity contribution in [3.05, 3.63) is 55.6 Å². The van der Waals surface area contributed by atoms with Crippen molar-refractivity contribution in [1.82, 2.24) is 14.5 Å². The largest absolute Gasteiger partial charge is 0.355 e. The minimum atomic E-state index is -0.413. The SMILES string of the molecule is CCN1CCN(c2cc(=O)n(-c3cccc(Br)c3)c(=O)[nH]2)CC1. The van der Waals surface area contributed by atoms with Crippen LogP contribution < -0.4 is 16.1 Å². The molecule has 0 atom stereocenters. The summed E-state index contributed by atoms with van der Waals surface area (Å²) in [5.41, 5.74) is -0.184. The number of aromatic nitrogens is 2. The molecule has 23 heavy (non-hydrogen) atoms. The number of nitrogens with one attached hydrogen (secondary N) is 1. The molecule has 1 saturated heterocycles. The molecular weight excluding hydrogens is 360 g/mol. The molecule has 122 valence electrons. The molecule has 2 heterocycles.